The van der Waals surface area contributed by atoms with Crippen LogP contribution in [0.5, 0.6) is 11.5 Å². The average Bonchev–Trinajstić information content (AvgIpc) is 3.23. The molecule has 214 valence electrons. The van der Waals surface area contributed by atoms with Crippen LogP contribution in [0.2, 0.25) is 0 Å². The van der Waals surface area contributed by atoms with Gasteiger partial charge in [0.15, 0.2) is 0 Å². The Morgan fingerprint density at radius 2 is 1.82 bits per heavy atom. The van der Waals surface area contributed by atoms with Crippen LogP contribution in [0.25, 0.3) is 5.76 Å². The summed E-state index contributed by atoms with van der Waals surface area (Å²) in [5.41, 5.74) is 2.08. The summed E-state index contributed by atoms with van der Waals surface area (Å²) in [7, 11) is 0. The van der Waals surface area contributed by atoms with Crippen molar-refractivity contribution < 1.29 is 28.9 Å². The van der Waals surface area contributed by atoms with Crippen LogP contribution >= 0.6 is 0 Å². The SMILES string of the molecule is C=CCOc1ccc(C(O)=C2C(=O)C(=O)N(CCN3CCOCC3)C2c2ccc(OCCCCC)cc2)cc1C. The molecule has 0 spiro atoms. The Morgan fingerprint density at radius 3 is 2.50 bits per heavy atom. The van der Waals surface area contributed by atoms with Crippen molar-refractivity contribution in [3.05, 3.63) is 77.4 Å². The first-order chi connectivity index (χ1) is 19.4. The van der Waals surface area contributed by atoms with Gasteiger partial charge in [0.1, 0.15) is 23.9 Å². The summed E-state index contributed by atoms with van der Waals surface area (Å²) < 4.78 is 17.0. The maximum absolute atomic E-state index is 13.4. The lowest BCUT2D eigenvalue weighted by molar-refractivity contribution is -0.140. The zero-order chi connectivity index (χ0) is 28.5. The van der Waals surface area contributed by atoms with Crippen LogP contribution in [0.3, 0.4) is 0 Å². The number of aliphatic hydroxyl groups excluding tert-OH is 1. The molecular formula is C32H40N2O6. The Kier molecular flexibility index (Phi) is 10.4. The number of likely N-dealkylation sites (tertiary alicyclic amines) is 1. The standard InChI is InChI=1S/C32H40N2O6/c1-4-6-7-19-39-26-11-8-24(9-12-26)29-28(30(35)25-10-13-27(23(3)22-25)40-18-5-2)31(36)32(37)34(29)15-14-33-16-20-38-21-17-33/h5,8-13,22,29,35H,2,4,6-7,14-21H2,1,3H3. The van der Waals surface area contributed by atoms with E-state index < -0.39 is 17.7 Å². The highest BCUT2D eigenvalue weighted by Crippen LogP contribution is 2.40. The fraction of sp³-hybridized carbons (Fsp3) is 0.438. The van der Waals surface area contributed by atoms with E-state index in [9.17, 15) is 14.7 Å². The van der Waals surface area contributed by atoms with E-state index in [4.69, 9.17) is 14.2 Å². The number of hydrogen-bond donors (Lipinski definition) is 1. The minimum Gasteiger partial charge on any atom is -0.507 e. The molecule has 8 nitrogen and oxygen atoms in total. The predicted octanol–water partition coefficient (Wildman–Crippen LogP) is 4.88. The van der Waals surface area contributed by atoms with E-state index in [1.54, 1.807) is 29.2 Å². The highest BCUT2D eigenvalue weighted by atomic mass is 16.5. The van der Waals surface area contributed by atoms with Crippen LogP contribution in [0.1, 0.15) is 48.9 Å². The van der Waals surface area contributed by atoms with Gasteiger partial charge in [-0.2, -0.15) is 0 Å². The number of nitrogens with zero attached hydrogens (tertiary/aromatic N) is 2. The normalized spacial score (nSPS) is 19.1. The van der Waals surface area contributed by atoms with Gasteiger partial charge in [-0.05, 0) is 54.8 Å². The molecule has 1 atom stereocenters. The molecule has 0 bridgehead atoms. The van der Waals surface area contributed by atoms with Crippen molar-refractivity contribution in [3.63, 3.8) is 0 Å². The summed E-state index contributed by atoms with van der Waals surface area (Å²) in [4.78, 5) is 30.6. The molecule has 40 heavy (non-hydrogen) atoms. The molecule has 1 N–H and O–H groups in total. The molecule has 2 heterocycles. The second-order valence-corrected chi connectivity index (χ2v) is 10.2. The van der Waals surface area contributed by atoms with Gasteiger partial charge in [0, 0.05) is 31.7 Å². The van der Waals surface area contributed by atoms with E-state index in [0.29, 0.717) is 50.8 Å². The maximum atomic E-state index is 13.4. The van der Waals surface area contributed by atoms with Crippen LogP contribution in [-0.4, -0.2) is 79.2 Å². The number of hydrogen-bond acceptors (Lipinski definition) is 7. The average molecular weight is 549 g/mol. The summed E-state index contributed by atoms with van der Waals surface area (Å²) in [5, 5.41) is 11.5. The Hall–Kier alpha value is -3.62. The predicted molar refractivity (Wildman–Crippen MR) is 155 cm³/mol. The Balaban J connectivity index is 1.66. The first kappa shape index (κ1) is 29.4. The molecule has 2 saturated heterocycles. The number of amides is 1. The Morgan fingerprint density at radius 1 is 1.07 bits per heavy atom. The molecule has 1 unspecified atom stereocenters. The number of carbonyl (C=O) groups is 2. The molecular weight excluding hydrogens is 508 g/mol. The molecule has 8 heteroatoms. The number of ketones is 1. The zero-order valence-corrected chi connectivity index (χ0v) is 23.6. The monoisotopic (exact) mass is 548 g/mol. The number of morpholine rings is 1. The fourth-order valence-electron chi connectivity index (χ4n) is 5.08. The third-order valence-corrected chi connectivity index (χ3v) is 7.32. The summed E-state index contributed by atoms with van der Waals surface area (Å²) in [6.07, 6.45) is 4.87. The van der Waals surface area contributed by atoms with Gasteiger partial charge in [0.05, 0.1) is 31.4 Å². The smallest absolute Gasteiger partial charge is 0.295 e. The van der Waals surface area contributed by atoms with Gasteiger partial charge in [-0.3, -0.25) is 14.5 Å². The van der Waals surface area contributed by atoms with Gasteiger partial charge in [0.25, 0.3) is 11.7 Å². The van der Waals surface area contributed by atoms with E-state index in [1.165, 1.54) is 0 Å². The Labute approximate surface area is 236 Å². The van der Waals surface area contributed by atoms with Gasteiger partial charge < -0.3 is 24.2 Å². The lowest BCUT2D eigenvalue weighted by atomic mass is 9.94. The van der Waals surface area contributed by atoms with E-state index in [2.05, 4.69) is 18.4 Å². The summed E-state index contributed by atoms with van der Waals surface area (Å²) in [6.45, 7) is 12.5. The van der Waals surface area contributed by atoms with Crippen molar-refractivity contribution in [2.45, 2.75) is 39.2 Å². The molecule has 0 aliphatic carbocycles. The van der Waals surface area contributed by atoms with Crippen molar-refractivity contribution in [3.8, 4) is 11.5 Å². The molecule has 0 radical (unpaired) electrons. The van der Waals surface area contributed by atoms with Crippen LogP contribution < -0.4 is 9.47 Å². The van der Waals surface area contributed by atoms with E-state index >= 15 is 0 Å². The van der Waals surface area contributed by atoms with E-state index in [-0.39, 0.29) is 11.3 Å². The van der Waals surface area contributed by atoms with Crippen molar-refractivity contribution >= 4 is 17.4 Å². The van der Waals surface area contributed by atoms with E-state index in [0.717, 1.165) is 49.2 Å². The second kappa shape index (κ2) is 14.1. The van der Waals surface area contributed by atoms with Crippen molar-refractivity contribution in [2.75, 3.05) is 52.6 Å². The number of carbonyl (C=O) groups excluding carboxylic acids is 2. The van der Waals surface area contributed by atoms with Gasteiger partial charge in [-0.25, -0.2) is 0 Å². The van der Waals surface area contributed by atoms with E-state index in [1.807, 2.05) is 31.2 Å². The zero-order valence-electron chi connectivity index (χ0n) is 23.6. The quantitative estimate of drug-likeness (QED) is 0.125. The summed E-state index contributed by atoms with van der Waals surface area (Å²) >= 11 is 0. The molecule has 2 aromatic rings. The minimum absolute atomic E-state index is 0.0859. The number of unbranched alkanes of at least 4 members (excludes halogenated alkanes) is 2. The van der Waals surface area contributed by atoms with Crippen molar-refractivity contribution in [2.24, 2.45) is 0 Å². The largest absolute Gasteiger partial charge is 0.507 e. The molecule has 2 aliphatic rings. The topological polar surface area (TPSA) is 88.5 Å². The van der Waals surface area contributed by atoms with Gasteiger partial charge >= 0.3 is 0 Å². The lowest BCUT2D eigenvalue weighted by Gasteiger charge is -2.31. The number of ether oxygens (including phenoxy) is 3. The molecule has 1 amide bonds. The third kappa shape index (κ3) is 6.92. The number of aryl methyl sites for hydroxylation is 1. The van der Waals surface area contributed by atoms with Crippen LogP contribution in [0.15, 0.2) is 60.7 Å². The number of Topliss-reactive ketones (excluding diaryl/α,β-unsaturated/α-hetero) is 1. The number of aliphatic hydroxyl groups is 1. The van der Waals surface area contributed by atoms with Crippen molar-refractivity contribution in [1.82, 2.24) is 9.80 Å². The summed E-state index contributed by atoms with van der Waals surface area (Å²) in [5.74, 6) is -0.101. The molecule has 2 aliphatic heterocycles. The number of benzene rings is 2. The first-order valence-corrected chi connectivity index (χ1v) is 14.1. The molecule has 2 aromatic carbocycles. The minimum atomic E-state index is -0.716. The molecule has 2 fully saturated rings. The summed E-state index contributed by atoms with van der Waals surface area (Å²) in [6, 6.07) is 12.0. The third-order valence-electron chi connectivity index (χ3n) is 7.32. The molecule has 0 aromatic heterocycles. The highest BCUT2D eigenvalue weighted by Gasteiger charge is 2.46. The lowest BCUT2D eigenvalue weighted by Crippen LogP contribution is -2.42. The van der Waals surface area contributed by atoms with Crippen molar-refractivity contribution in [1.29, 1.82) is 0 Å². The maximum Gasteiger partial charge on any atom is 0.295 e. The van der Waals surface area contributed by atoms with Crippen LogP contribution in [0, 0.1) is 6.92 Å². The first-order valence-electron chi connectivity index (χ1n) is 14.1. The second-order valence-electron chi connectivity index (χ2n) is 10.2. The van der Waals surface area contributed by atoms with Crippen LogP contribution in [-0.2, 0) is 14.3 Å². The van der Waals surface area contributed by atoms with Gasteiger partial charge in [0.2, 0.25) is 0 Å². The van der Waals surface area contributed by atoms with Gasteiger partial charge in [-0.15, -0.1) is 0 Å². The Bertz CT molecular complexity index is 1220. The van der Waals surface area contributed by atoms with Gasteiger partial charge in [-0.1, -0.05) is 44.6 Å². The fourth-order valence-corrected chi connectivity index (χ4v) is 5.08. The number of rotatable bonds is 13. The van der Waals surface area contributed by atoms with Crippen LogP contribution in [0.4, 0.5) is 0 Å². The highest BCUT2D eigenvalue weighted by molar-refractivity contribution is 6.46. The molecule has 4 rings (SSSR count). The molecule has 0 saturated carbocycles.